The molecule has 1 aliphatic rings. The second kappa shape index (κ2) is 4.48. The van der Waals surface area contributed by atoms with Crippen molar-refractivity contribution in [2.45, 2.75) is 53.0 Å². The van der Waals surface area contributed by atoms with Gasteiger partial charge in [-0.2, -0.15) is 0 Å². The first-order valence-corrected chi connectivity index (χ1v) is 6.42. The highest BCUT2D eigenvalue weighted by molar-refractivity contribution is 5.37. The standard InChI is InChI=1S/C13H23N3/c1-9(2)8-11-12(10(3)4)16-7-5-6-14-13(16)15-11/h9-10H,5-8H2,1-4H3,(H,14,15). The van der Waals surface area contributed by atoms with Crippen LogP contribution < -0.4 is 5.32 Å². The maximum atomic E-state index is 4.76. The molecule has 90 valence electrons. The first-order valence-electron chi connectivity index (χ1n) is 6.42. The Morgan fingerprint density at radius 2 is 2.06 bits per heavy atom. The van der Waals surface area contributed by atoms with Gasteiger partial charge in [0, 0.05) is 18.8 Å². The molecule has 1 aliphatic heterocycles. The first-order chi connectivity index (χ1) is 7.59. The molecule has 16 heavy (non-hydrogen) atoms. The number of hydrogen-bond donors (Lipinski definition) is 1. The zero-order valence-electron chi connectivity index (χ0n) is 10.9. The molecule has 0 fully saturated rings. The van der Waals surface area contributed by atoms with Gasteiger partial charge in [0.15, 0.2) is 0 Å². The van der Waals surface area contributed by atoms with Crippen molar-refractivity contribution in [1.82, 2.24) is 9.55 Å². The van der Waals surface area contributed by atoms with Crippen molar-refractivity contribution >= 4 is 5.95 Å². The minimum Gasteiger partial charge on any atom is -0.356 e. The smallest absolute Gasteiger partial charge is 0.203 e. The summed E-state index contributed by atoms with van der Waals surface area (Å²) < 4.78 is 2.38. The molecule has 2 heterocycles. The largest absolute Gasteiger partial charge is 0.356 e. The van der Waals surface area contributed by atoms with Gasteiger partial charge in [0.25, 0.3) is 0 Å². The third kappa shape index (κ3) is 2.08. The van der Waals surface area contributed by atoms with Gasteiger partial charge in [0.05, 0.1) is 5.69 Å². The van der Waals surface area contributed by atoms with Gasteiger partial charge in [0.2, 0.25) is 5.95 Å². The highest BCUT2D eigenvalue weighted by atomic mass is 15.2. The molecule has 0 unspecified atom stereocenters. The Hall–Kier alpha value is -0.990. The van der Waals surface area contributed by atoms with E-state index >= 15 is 0 Å². The van der Waals surface area contributed by atoms with E-state index in [1.54, 1.807) is 0 Å². The van der Waals surface area contributed by atoms with Gasteiger partial charge in [-0.25, -0.2) is 4.98 Å². The van der Waals surface area contributed by atoms with Gasteiger partial charge in [-0.15, -0.1) is 0 Å². The highest BCUT2D eigenvalue weighted by Gasteiger charge is 2.21. The monoisotopic (exact) mass is 221 g/mol. The maximum Gasteiger partial charge on any atom is 0.203 e. The third-order valence-corrected chi connectivity index (χ3v) is 3.07. The zero-order chi connectivity index (χ0) is 11.7. The van der Waals surface area contributed by atoms with Crippen molar-refractivity contribution in [2.24, 2.45) is 5.92 Å². The van der Waals surface area contributed by atoms with E-state index in [4.69, 9.17) is 4.98 Å². The predicted octanol–water partition coefficient (Wildman–Crippen LogP) is 3.02. The molecule has 3 nitrogen and oxygen atoms in total. The Kier molecular flexibility index (Phi) is 3.22. The van der Waals surface area contributed by atoms with Crippen LogP contribution >= 0.6 is 0 Å². The zero-order valence-corrected chi connectivity index (χ0v) is 10.9. The summed E-state index contributed by atoms with van der Waals surface area (Å²) in [6.07, 6.45) is 2.30. The van der Waals surface area contributed by atoms with E-state index in [2.05, 4.69) is 37.6 Å². The lowest BCUT2D eigenvalue weighted by Crippen LogP contribution is -2.19. The number of anilines is 1. The van der Waals surface area contributed by atoms with Crippen molar-refractivity contribution in [3.63, 3.8) is 0 Å². The van der Waals surface area contributed by atoms with Crippen molar-refractivity contribution in [3.8, 4) is 0 Å². The Morgan fingerprint density at radius 1 is 1.31 bits per heavy atom. The van der Waals surface area contributed by atoms with Gasteiger partial charge < -0.3 is 9.88 Å². The summed E-state index contributed by atoms with van der Waals surface area (Å²) in [7, 11) is 0. The summed E-state index contributed by atoms with van der Waals surface area (Å²) in [6.45, 7) is 11.2. The predicted molar refractivity (Wildman–Crippen MR) is 68.0 cm³/mol. The van der Waals surface area contributed by atoms with Gasteiger partial charge in [-0.1, -0.05) is 27.7 Å². The molecule has 0 bridgehead atoms. The van der Waals surface area contributed by atoms with Gasteiger partial charge in [-0.3, -0.25) is 0 Å². The van der Waals surface area contributed by atoms with Crippen LogP contribution in [0.25, 0.3) is 0 Å². The number of rotatable bonds is 3. The second-order valence-electron chi connectivity index (χ2n) is 5.45. The minimum atomic E-state index is 0.565. The topological polar surface area (TPSA) is 29.9 Å². The summed E-state index contributed by atoms with van der Waals surface area (Å²) in [5, 5.41) is 3.40. The van der Waals surface area contributed by atoms with Crippen LogP contribution in [0.2, 0.25) is 0 Å². The van der Waals surface area contributed by atoms with E-state index in [0.717, 1.165) is 25.5 Å². The molecular formula is C13H23N3. The van der Waals surface area contributed by atoms with Crippen LogP contribution in [0.5, 0.6) is 0 Å². The summed E-state index contributed by atoms with van der Waals surface area (Å²) in [5.74, 6) is 2.33. The molecule has 0 amide bonds. The van der Waals surface area contributed by atoms with Crippen LogP contribution in [0, 0.1) is 5.92 Å². The number of fused-ring (bicyclic) bond motifs is 1. The molecule has 2 rings (SSSR count). The van der Waals surface area contributed by atoms with Crippen molar-refractivity contribution in [2.75, 3.05) is 11.9 Å². The highest BCUT2D eigenvalue weighted by Crippen LogP contribution is 2.27. The normalized spacial score (nSPS) is 15.4. The molecule has 0 aromatic carbocycles. The van der Waals surface area contributed by atoms with Gasteiger partial charge in [0.1, 0.15) is 0 Å². The summed E-state index contributed by atoms with van der Waals surface area (Å²) in [6, 6.07) is 0. The van der Waals surface area contributed by atoms with E-state index in [9.17, 15) is 0 Å². The van der Waals surface area contributed by atoms with Gasteiger partial charge >= 0.3 is 0 Å². The molecule has 0 atom stereocenters. The quantitative estimate of drug-likeness (QED) is 0.850. The first kappa shape index (κ1) is 11.5. The fourth-order valence-corrected chi connectivity index (χ4v) is 2.50. The van der Waals surface area contributed by atoms with Crippen molar-refractivity contribution < 1.29 is 0 Å². The van der Waals surface area contributed by atoms with Crippen LogP contribution in [0.1, 0.15) is 51.4 Å². The lowest BCUT2D eigenvalue weighted by molar-refractivity contribution is 0.577. The van der Waals surface area contributed by atoms with E-state index in [1.807, 2.05) is 0 Å². The van der Waals surface area contributed by atoms with Crippen LogP contribution in [-0.2, 0) is 13.0 Å². The number of nitrogens with zero attached hydrogens (tertiary/aromatic N) is 2. The van der Waals surface area contributed by atoms with Crippen LogP contribution in [-0.4, -0.2) is 16.1 Å². The number of hydrogen-bond acceptors (Lipinski definition) is 2. The van der Waals surface area contributed by atoms with Crippen molar-refractivity contribution in [1.29, 1.82) is 0 Å². The summed E-state index contributed by atoms with van der Waals surface area (Å²) in [5.41, 5.74) is 2.74. The van der Waals surface area contributed by atoms with Crippen LogP contribution in [0.4, 0.5) is 5.95 Å². The fraction of sp³-hybridized carbons (Fsp3) is 0.769. The molecule has 1 aromatic heterocycles. The summed E-state index contributed by atoms with van der Waals surface area (Å²) in [4.78, 5) is 4.76. The molecule has 1 aromatic rings. The van der Waals surface area contributed by atoms with E-state index in [-0.39, 0.29) is 0 Å². The molecule has 0 radical (unpaired) electrons. The number of aromatic nitrogens is 2. The molecule has 0 spiro atoms. The average molecular weight is 221 g/mol. The van der Waals surface area contributed by atoms with Crippen LogP contribution in [0.15, 0.2) is 0 Å². The second-order valence-corrected chi connectivity index (χ2v) is 5.45. The Bertz CT molecular complexity index is 363. The van der Waals surface area contributed by atoms with E-state index < -0.39 is 0 Å². The van der Waals surface area contributed by atoms with E-state index in [0.29, 0.717) is 11.8 Å². The molecule has 0 saturated heterocycles. The van der Waals surface area contributed by atoms with E-state index in [1.165, 1.54) is 17.8 Å². The molecule has 1 N–H and O–H groups in total. The van der Waals surface area contributed by atoms with Crippen molar-refractivity contribution in [3.05, 3.63) is 11.4 Å². The number of nitrogens with one attached hydrogen (secondary N) is 1. The minimum absolute atomic E-state index is 0.565. The lowest BCUT2D eigenvalue weighted by atomic mass is 10.0. The number of imidazole rings is 1. The van der Waals surface area contributed by atoms with Crippen LogP contribution in [0.3, 0.4) is 0 Å². The Labute approximate surface area is 98.3 Å². The average Bonchev–Trinajstić information content (AvgIpc) is 2.53. The maximum absolute atomic E-state index is 4.76. The molecule has 0 aliphatic carbocycles. The summed E-state index contributed by atoms with van der Waals surface area (Å²) >= 11 is 0. The third-order valence-electron chi connectivity index (χ3n) is 3.07. The molecular weight excluding hydrogens is 198 g/mol. The molecule has 3 heteroatoms. The Morgan fingerprint density at radius 3 is 2.69 bits per heavy atom. The SMILES string of the molecule is CC(C)Cc1nc2n(c1C(C)C)CCCN2. The Balaban J connectivity index is 2.39. The lowest BCUT2D eigenvalue weighted by Gasteiger charge is -2.19. The molecule has 0 saturated carbocycles. The van der Waals surface area contributed by atoms with Gasteiger partial charge in [-0.05, 0) is 24.7 Å². The fourth-order valence-electron chi connectivity index (χ4n) is 2.50.